The number of nitrogens with two attached hydrogens (primary N) is 1. The van der Waals surface area contributed by atoms with Gasteiger partial charge in [0.15, 0.2) is 5.75 Å². The van der Waals surface area contributed by atoms with E-state index in [1.54, 1.807) is 24.3 Å². The number of benzene rings is 3. The van der Waals surface area contributed by atoms with Crippen molar-refractivity contribution in [3.05, 3.63) is 83.4 Å². The minimum absolute atomic E-state index is 0.0141. The molecule has 0 amide bonds. The molecule has 7 heteroatoms. The van der Waals surface area contributed by atoms with Gasteiger partial charge in [0.25, 0.3) is 0 Å². The van der Waals surface area contributed by atoms with E-state index in [1.165, 1.54) is 18.2 Å². The lowest BCUT2D eigenvalue weighted by Crippen LogP contribution is -2.04. The normalized spacial score (nSPS) is 11.9. The average molecular weight is 415 g/mol. The predicted octanol–water partition coefficient (Wildman–Crippen LogP) is 6.33. The molecule has 0 saturated heterocycles. The number of fused-ring (bicyclic) bond motifs is 1. The smallest absolute Gasteiger partial charge is 0.416 e. The molecule has 3 aromatic carbocycles. The van der Waals surface area contributed by atoms with Crippen molar-refractivity contribution in [2.45, 2.75) is 19.0 Å². The van der Waals surface area contributed by atoms with Crippen molar-refractivity contribution in [2.75, 3.05) is 5.73 Å². The molecule has 3 N–H and O–H groups in total. The van der Waals surface area contributed by atoms with Crippen molar-refractivity contribution in [2.24, 2.45) is 0 Å². The predicted molar refractivity (Wildman–Crippen MR) is 107 cm³/mol. The number of aromatic hydroxyl groups is 1. The third-order valence-corrected chi connectivity index (χ3v) is 5.02. The summed E-state index contributed by atoms with van der Waals surface area (Å²) in [6, 6.07) is 14.7. The number of alkyl halides is 3. The van der Waals surface area contributed by atoms with Crippen LogP contribution in [0.3, 0.4) is 0 Å². The number of hydrogen-bond acceptors (Lipinski definition) is 3. The summed E-state index contributed by atoms with van der Waals surface area (Å²) in [7, 11) is 0. The van der Waals surface area contributed by atoms with Gasteiger partial charge in [0.05, 0.1) is 11.1 Å². The maximum atomic E-state index is 14.3. The van der Waals surface area contributed by atoms with Crippen LogP contribution in [-0.2, 0) is 19.0 Å². The summed E-state index contributed by atoms with van der Waals surface area (Å²) in [5.41, 5.74) is 5.83. The Kier molecular flexibility index (Phi) is 4.89. The number of aryl methyl sites for hydroxylation is 2. The first-order valence-electron chi connectivity index (χ1n) is 9.19. The van der Waals surface area contributed by atoms with E-state index in [0.717, 1.165) is 23.1 Å². The van der Waals surface area contributed by atoms with Crippen LogP contribution in [0.4, 0.5) is 23.4 Å². The molecule has 0 bridgehead atoms. The molecule has 30 heavy (non-hydrogen) atoms. The van der Waals surface area contributed by atoms with E-state index in [-0.39, 0.29) is 40.8 Å². The molecule has 0 radical (unpaired) electrons. The van der Waals surface area contributed by atoms with Crippen LogP contribution in [0.2, 0.25) is 0 Å². The van der Waals surface area contributed by atoms with Gasteiger partial charge >= 0.3 is 6.18 Å². The van der Waals surface area contributed by atoms with Gasteiger partial charge in [-0.1, -0.05) is 42.5 Å². The summed E-state index contributed by atoms with van der Waals surface area (Å²) in [6.45, 7) is 0. The Labute approximate surface area is 169 Å². The summed E-state index contributed by atoms with van der Waals surface area (Å²) >= 11 is 0. The SMILES string of the molecule is Nc1oc(CCc2cccc3cccc(F)c23)c(O)c1-c1cccc(C(F)(F)F)c1. The minimum atomic E-state index is -4.52. The van der Waals surface area contributed by atoms with Crippen LogP contribution in [0.25, 0.3) is 21.9 Å². The van der Waals surface area contributed by atoms with E-state index in [9.17, 15) is 22.7 Å². The lowest BCUT2D eigenvalue weighted by molar-refractivity contribution is -0.137. The molecule has 0 aliphatic heterocycles. The van der Waals surface area contributed by atoms with Crippen molar-refractivity contribution < 1.29 is 27.1 Å². The highest BCUT2D eigenvalue weighted by Gasteiger charge is 2.31. The fourth-order valence-corrected chi connectivity index (χ4v) is 3.61. The lowest BCUT2D eigenvalue weighted by Gasteiger charge is -2.08. The highest BCUT2D eigenvalue weighted by Crippen LogP contribution is 2.42. The molecule has 4 rings (SSSR count). The number of hydrogen-bond donors (Lipinski definition) is 2. The summed E-state index contributed by atoms with van der Waals surface area (Å²) in [6.07, 6.45) is -3.98. The first kappa shape index (κ1) is 19.8. The molecule has 1 aromatic heterocycles. The van der Waals surface area contributed by atoms with Gasteiger partial charge in [0, 0.05) is 11.8 Å². The number of rotatable bonds is 4. The second-order valence-corrected chi connectivity index (χ2v) is 6.95. The van der Waals surface area contributed by atoms with E-state index in [4.69, 9.17) is 10.2 Å². The lowest BCUT2D eigenvalue weighted by atomic mass is 9.99. The van der Waals surface area contributed by atoms with Crippen LogP contribution in [0, 0.1) is 5.82 Å². The van der Waals surface area contributed by atoms with E-state index < -0.39 is 11.7 Å². The first-order chi connectivity index (χ1) is 14.3. The average Bonchev–Trinajstić information content (AvgIpc) is 2.99. The molecular formula is C23H17F4NO2. The molecule has 0 saturated carbocycles. The summed E-state index contributed by atoms with van der Waals surface area (Å²) in [5, 5.41) is 11.8. The van der Waals surface area contributed by atoms with Crippen LogP contribution < -0.4 is 5.73 Å². The van der Waals surface area contributed by atoms with E-state index >= 15 is 0 Å². The van der Waals surface area contributed by atoms with Gasteiger partial charge in [-0.2, -0.15) is 13.2 Å². The van der Waals surface area contributed by atoms with Gasteiger partial charge in [-0.05, 0) is 41.1 Å². The molecule has 0 spiro atoms. The monoisotopic (exact) mass is 415 g/mol. The Hall–Kier alpha value is -3.48. The second-order valence-electron chi connectivity index (χ2n) is 6.95. The van der Waals surface area contributed by atoms with Crippen LogP contribution in [-0.4, -0.2) is 5.11 Å². The van der Waals surface area contributed by atoms with Gasteiger partial charge in [0.1, 0.15) is 11.6 Å². The zero-order chi connectivity index (χ0) is 21.5. The quantitative estimate of drug-likeness (QED) is 0.383. The van der Waals surface area contributed by atoms with E-state index in [0.29, 0.717) is 11.8 Å². The largest absolute Gasteiger partial charge is 0.504 e. The van der Waals surface area contributed by atoms with E-state index in [1.807, 2.05) is 6.07 Å². The van der Waals surface area contributed by atoms with Crippen molar-refractivity contribution >= 4 is 16.7 Å². The number of nitrogen functional groups attached to an aromatic ring is 1. The van der Waals surface area contributed by atoms with Crippen LogP contribution in [0.5, 0.6) is 5.75 Å². The Morgan fingerprint density at radius 3 is 2.37 bits per heavy atom. The Balaban J connectivity index is 1.66. The Morgan fingerprint density at radius 1 is 0.933 bits per heavy atom. The standard InChI is InChI=1S/C23H17F4NO2/c24-17-9-3-6-13-4-1-5-14(19(13)17)10-11-18-21(29)20(22(28)30-18)15-7-2-8-16(12-15)23(25,26)27/h1-9,12,29H,10-11,28H2. The molecule has 154 valence electrons. The fraction of sp³-hybridized carbons (Fsp3) is 0.130. The molecule has 1 heterocycles. The minimum Gasteiger partial charge on any atom is -0.504 e. The maximum absolute atomic E-state index is 14.3. The molecule has 3 nitrogen and oxygen atoms in total. The van der Waals surface area contributed by atoms with Crippen LogP contribution >= 0.6 is 0 Å². The van der Waals surface area contributed by atoms with Gasteiger partial charge in [-0.15, -0.1) is 0 Å². The molecule has 0 unspecified atom stereocenters. The van der Waals surface area contributed by atoms with Crippen molar-refractivity contribution in [1.82, 2.24) is 0 Å². The summed E-state index contributed by atoms with van der Waals surface area (Å²) < 4.78 is 58.8. The Morgan fingerprint density at radius 2 is 1.63 bits per heavy atom. The van der Waals surface area contributed by atoms with Gasteiger partial charge in [-0.3, -0.25) is 0 Å². The zero-order valence-corrected chi connectivity index (χ0v) is 15.6. The maximum Gasteiger partial charge on any atom is 0.416 e. The van der Waals surface area contributed by atoms with Crippen LogP contribution in [0.1, 0.15) is 16.9 Å². The Bertz CT molecular complexity index is 1220. The highest BCUT2D eigenvalue weighted by molar-refractivity contribution is 5.86. The van der Waals surface area contributed by atoms with Crippen LogP contribution in [0.15, 0.2) is 65.1 Å². The summed E-state index contributed by atoms with van der Waals surface area (Å²) in [4.78, 5) is 0. The van der Waals surface area contributed by atoms with Crippen molar-refractivity contribution in [3.8, 4) is 16.9 Å². The second kappa shape index (κ2) is 7.40. The number of furan rings is 1. The third-order valence-electron chi connectivity index (χ3n) is 5.02. The molecule has 0 fully saturated rings. The fourth-order valence-electron chi connectivity index (χ4n) is 3.61. The first-order valence-corrected chi connectivity index (χ1v) is 9.19. The van der Waals surface area contributed by atoms with Crippen molar-refractivity contribution in [1.29, 1.82) is 0 Å². The molecular weight excluding hydrogens is 398 g/mol. The molecule has 4 aromatic rings. The number of halogens is 4. The third kappa shape index (κ3) is 3.58. The molecule has 0 aliphatic carbocycles. The van der Waals surface area contributed by atoms with Crippen molar-refractivity contribution in [3.63, 3.8) is 0 Å². The highest BCUT2D eigenvalue weighted by atomic mass is 19.4. The molecule has 0 aliphatic rings. The van der Waals surface area contributed by atoms with E-state index in [2.05, 4.69) is 0 Å². The summed E-state index contributed by atoms with van der Waals surface area (Å²) in [5.74, 6) is -0.706. The molecule has 0 atom stereocenters. The zero-order valence-electron chi connectivity index (χ0n) is 15.6. The van der Waals surface area contributed by atoms with Gasteiger partial charge in [-0.25, -0.2) is 4.39 Å². The number of anilines is 1. The topological polar surface area (TPSA) is 59.4 Å². The van der Waals surface area contributed by atoms with Gasteiger partial charge < -0.3 is 15.3 Å². The van der Waals surface area contributed by atoms with Gasteiger partial charge in [0.2, 0.25) is 5.88 Å².